The molecule has 1 aromatic rings. The van der Waals surface area contributed by atoms with E-state index in [1.807, 2.05) is 0 Å². The number of Topliss-reactive ketones (excluding diaryl/α,β-unsaturated/α-hetero) is 1. The second-order valence-electron chi connectivity index (χ2n) is 2.58. The summed E-state index contributed by atoms with van der Waals surface area (Å²) >= 11 is 0. The van der Waals surface area contributed by atoms with E-state index in [0.29, 0.717) is 0 Å². The summed E-state index contributed by atoms with van der Waals surface area (Å²) in [6.45, 7) is 1.46. The predicted octanol–water partition coefficient (Wildman–Crippen LogP) is -0.159. The Morgan fingerprint density at radius 2 is 2.38 bits per heavy atom. The molecule has 0 aromatic carbocycles. The maximum Gasteiger partial charge on any atom is 0.351 e. The molecule has 5 heteroatoms. The Labute approximate surface area is 75.0 Å². The number of carbonyl (C=O) groups excluding carboxylic acids is 1. The zero-order chi connectivity index (χ0) is 9.84. The molecule has 1 heterocycles. The minimum absolute atomic E-state index is 0.0514. The fourth-order valence-corrected chi connectivity index (χ4v) is 0.887. The van der Waals surface area contributed by atoms with E-state index in [1.54, 1.807) is 0 Å². The van der Waals surface area contributed by atoms with Crippen LogP contribution in [0.2, 0.25) is 0 Å². The summed E-state index contributed by atoms with van der Waals surface area (Å²) in [4.78, 5) is 25.4. The highest BCUT2D eigenvalue weighted by atomic mass is 16.5. The third kappa shape index (κ3) is 2.40. The molecule has 13 heavy (non-hydrogen) atoms. The van der Waals surface area contributed by atoms with Gasteiger partial charge in [-0.25, -0.2) is 4.79 Å². The smallest absolute Gasteiger partial charge is 0.351 e. The topological polar surface area (TPSA) is 61.2 Å². The van der Waals surface area contributed by atoms with Crippen LogP contribution in [0.1, 0.15) is 6.92 Å². The molecule has 0 radical (unpaired) electrons. The van der Waals surface area contributed by atoms with Crippen LogP contribution in [-0.4, -0.2) is 22.4 Å². The van der Waals surface area contributed by atoms with Gasteiger partial charge in [0.25, 0.3) is 0 Å². The van der Waals surface area contributed by atoms with Crippen LogP contribution >= 0.6 is 0 Å². The minimum atomic E-state index is -0.477. The Hall–Kier alpha value is -1.65. The summed E-state index contributed by atoms with van der Waals surface area (Å²) in [7, 11) is 1.43. The Bertz CT molecular complexity index is 370. The lowest BCUT2D eigenvalue weighted by molar-refractivity contribution is -0.117. The summed E-state index contributed by atoms with van der Waals surface area (Å²) in [5, 5.41) is 0. The first-order chi connectivity index (χ1) is 6.13. The van der Waals surface area contributed by atoms with Gasteiger partial charge in [0.2, 0.25) is 5.88 Å². The van der Waals surface area contributed by atoms with Gasteiger partial charge in [0, 0.05) is 12.3 Å². The molecule has 0 N–H and O–H groups in total. The van der Waals surface area contributed by atoms with Crippen molar-refractivity contribution < 1.29 is 9.53 Å². The summed E-state index contributed by atoms with van der Waals surface area (Å²) < 4.78 is 5.97. The molecular weight excluding hydrogens is 172 g/mol. The van der Waals surface area contributed by atoms with Crippen LogP contribution in [0.3, 0.4) is 0 Å². The number of hydrogen-bond donors (Lipinski definition) is 0. The van der Waals surface area contributed by atoms with Crippen molar-refractivity contribution in [2.75, 3.05) is 7.11 Å². The molecule has 0 spiro atoms. The van der Waals surface area contributed by atoms with Gasteiger partial charge in [-0.1, -0.05) is 0 Å². The first-order valence-corrected chi connectivity index (χ1v) is 3.74. The summed E-state index contributed by atoms with van der Waals surface area (Å²) in [5.74, 6) is 0.166. The second-order valence-corrected chi connectivity index (χ2v) is 2.58. The highest BCUT2D eigenvalue weighted by Crippen LogP contribution is 1.98. The fourth-order valence-electron chi connectivity index (χ4n) is 0.887. The molecule has 0 atom stereocenters. The SMILES string of the molecule is COc1ccn(CC(C)=O)c(=O)n1. The lowest BCUT2D eigenvalue weighted by atomic mass is 10.4. The molecular formula is C8H10N2O3. The van der Waals surface area contributed by atoms with Gasteiger partial charge in [-0.2, -0.15) is 4.98 Å². The number of aromatic nitrogens is 2. The molecule has 0 aliphatic heterocycles. The number of hydrogen-bond acceptors (Lipinski definition) is 4. The zero-order valence-corrected chi connectivity index (χ0v) is 7.48. The fraction of sp³-hybridized carbons (Fsp3) is 0.375. The molecule has 0 amide bonds. The van der Waals surface area contributed by atoms with Crippen molar-refractivity contribution in [2.45, 2.75) is 13.5 Å². The van der Waals surface area contributed by atoms with Gasteiger partial charge < -0.3 is 4.74 Å². The van der Waals surface area contributed by atoms with Crippen molar-refractivity contribution in [3.8, 4) is 5.88 Å². The first kappa shape index (κ1) is 9.44. The zero-order valence-electron chi connectivity index (χ0n) is 7.48. The first-order valence-electron chi connectivity index (χ1n) is 3.74. The number of rotatable bonds is 3. The Balaban J connectivity index is 2.99. The standard InChI is InChI=1S/C8H10N2O3/c1-6(11)5-10-4-3-7(13-2)9-8(10)12/h3-4H,5H2,1-2H3. The van der Waals surface area contributed by atoms with Gasteiger partial charge in [0.1, 0.15) is 5.78 Å². The van der Waals surface area contributed by atoms with Crippen LogP contribution in [0, 0.1) is 0 Å². The quantitative estimate of drug-likeness (QED) is 0.651. The van der Waals surface area contributed by atoms with Crippen LogP contribution in [0.15, 0.2) is 17.1 Å². The second kappa shape index (κ2) is 3.84. The van der Waals surface area contributed by atoms with Crippen molar-refractivity contribution in [1.82, 2.24) is 9.55 Å². The molecule has 0 fully saturated rings. The molecule has 0 unspecified atom stereocenters. The maximum atomic E-state index is 11.2. The monoisotopic (exact) mass is 182 g/mol. The van der Waals surface area contributed by atoms with E-state index < -0.39 is 5.69 Å². The van der Waals surface area contributed by atoms with Crippen LogP contribution in [0.4, 0.5) is 0 Å². The van der Waals surface area contributed by atoms with Crippen LogP contribution in [0.5, 0.6) is 5.88 Å². The Kier molecular flexibility index (Phi) is 2.79. The highest BCUT2D eigenvalue weighted by molar-refractivity contribution is 5.75. The van der Waals surface area contributed by atoms with Crippen LogP contribution in [-0.2, 0) is 11.3 Å². The number of carbonyl (C=O) groups is 1. The van der Waals surface area contributed by atoms with Gasteiger partial charge in [-0.05, 0) is 6.92 Å². The lowest BCUT2D eigenvalue weighted by Crippen LogP contribution is -2.25. The average Bonchev–Trinajstić information content (AvgIpc) is 2.08. The van der Waals surface area contributed by atoms with Gasteiger partial charge in [-0.15, -0.1) is 0 Å². The van der Waals surface area contributed by atoms with Gasteiger partial charge in [0.15, 0.2) is 0 Å². The third-order valence-electron chi connectivity index (χ3n) is 1.45. The van der Waals surface area contributed by atoms with E-state index in [-0.39, 0.29) is 18.2 Å². The van der Waals surface area contributed by atoms with Gasteiger partial charge >= 0.3 is 5.69 Å². The van der Waals surface area contributed by atoms with Crippen molar-refractivity contribution in [3.05, 3.63) is 22.7 Å². The van der Waals surface area contributed by atoms with Crippen LogP contribution < -0.4 is 10.4 Å². The molecule has 0 aliphatic carbocycles. The maximum absolute atomic E-state index is 11.2. The molecule has 0 saturated heterocycles. The van der Waals surface area contributed by atoms with Crippen LogP contribution in [0.25, 0.3) is 0 Å². The molecule has 1 aromatic heterocycles. The van der Waals surface area contributed by atoms with Gasteiger partial charge in [-0.3, -0.25) is 9.36 Å². The summed E-state index contributed by atoms with van der Waals surface area (Å²) in [6.07, 6.45) is 1.48. The summed E-state index contributed by atoms with van der Waals surface area (Å²) in [5.41, 5.74) is -0.477. The number of ether oxygens (including phenoxy) is 1. The molecule has 0 saturated carbocycles. The van der Waals surface area contributed by atoms with Crippen molar-refractivity contribution in [1.29, 1.82) is 0 Å². The summed E-state index contributed by atoms with van der Waals surface area (Å²) in [6, 6.07) is 1.53. The molecule has 0 bridgehead atoms. The van der Waals surface area contributed by atoms with Crippen molar-refractivity contribution >= 4 is 5.78 Å². The molecule has 0 aliphatic rings. The number of methoxy groups -OCH3 is 1. The highest BCUT2D eigenvalue weighted by Gasteiger charge is 2.01. The Morgan fingerprint density at radius 1 is 1.69 bits per heavy atom. The third-order valence-corrected chi connectivity index (χ3v) is 1.45. The minimum Gasteiger partial charge on any atom is -0.481 e. The molecule has 70 valence electrons. The van der Waals surface area contributed by atoms with E-state index in [4.69, 9.17) is 4.74 Å². The lowest BCUT2D eigenvalue weighted by Gasteiger charge is -2.02. The van der Waals surface area contributed by atoms with E-state index >= 15 is 0 Å². The number of ketones is 1. The largest absolute Gasteiger partial charge is 0.481 e. The normalized spacial score (nSPS) is 9.69. The van der Waals surface area contributed by atoms with Crippen molar-refractivity contribution in [2.24, 2.45) is 0 Å². The predicted molar refractivity (Wildman–Crippen MR) is 45.7 cm³/mol. The average molecular weight is 182 g/mol. The van der Waals surface area contributed by atoms with E-state index in [1.165, 1.54) is 30.9 Å². The number of nitrogens with zero attached hydrogens (tertiary/aromatic N) is 2. The molecule has 5 nitrogen and oxygen atoms in total. The van der Waals surface area contributed by atoms with Gasteiger partial charge in [0.05, 0.1) is 13.7 Å². The molecule has 1 rings (SSSR count). The van der Waals surface area contributed by atoms with E-state index in [2.05, 4.69) is 4.98 Å². The van der Waals surface area contributed by atoms with Crippen molar-refractivity contribution in [3.63, 3.8) is 0 Å². The van der Waals surface area contributed by atoms with E-state index in [9.17, 15) is 9.59 Å². The Morgan fingerprint density at radius 3 is 2.85 bits per heavy atom. The van der Waals surface area contributed by atoms with E-state index in [0.717, 1.165) is 0 Å².